The third-order valence-corrected chi connectivity index (χ3v) is 5.41. The smallest absolute Gasteiger partial charge is 0.418 e. The van der Waals surface area contributed by atoms with E-state index in [1.54, 1.807) is 18.2 Å². The van der Waals surface area contributed by atoms with Gasteiger partial charge in [-0.15, -0.1) is 10.2 Å². The monoisotopic (exact) mass is 487 g/mol. The molecule has 1 atom stereocenters. The third-order valence-electron chi connectivity index (χ3n) is 4.24. The normalized spacial score (nSPS) is 12.3. The fourth-order valence-electron chi connectivity index (χ4n) is 2.64. The molecule has 12 heteroatoms. The number of benzene rings is 2. The van der Waals surface area contributed by atoms with Crippen LogP contribution in [0.1, 0.15) is 12.5 Å². The molecule has 0 aliphatic rings. The molecule has 170 valence electrons. The lowest BCUT2D eigenvalue weighted by atomic mass is 10.1. The van der Waals surface area contributed by atoms with Gasteiger partial charge in [0.05, 0.1) is 36.3 Å². The molecule has 0 spiro atoms. The van der Waals surface area contributed by atoms with Gasteiger partial charge in [0, 0.05) is 11.1 Å². The van der Waals surface area contributed by atoms with Gasteiger partial charge >= 0.3 is 6.18 Å². The Morgan fingerprint density at radius 2 is 1.91 bits per heavy atom. The van der Waals surface area contributed by atoms with Crippen LogP contribution in [0, 0.1) is 0 Å². The lowest BCUT2D eigenvalue weighted by Crippen LogP contribution is -2.24. The molecule has 0 saturated carbocycles. The number of thioether (sulfide) groups is 1. The first-order valence-electron chi connectivity index (χ1n) is 9.02. The average Bonchev–Trinajstić information content (AvgIpc) is 3.21. The van der Waals surface area contributed by atoms with Crippen LogP contribution in [0.15, 0.2) is 46.0 Å². The zero-order valence-electron chi connectivity index (χ0n) is 17.0. The van der Waals surface area contributed by atoms with E-state index in [0.717, 1.165) is 23.9 Å². The van der Waals surface area contributed by atoms with E-state index in [0.29, 0.717) is 17.1 Å². The molecule has 32 heavy (non-hydrogen) atoms. The number of methoxy groups -OCH3 is 2. The summed E-state index contributed by atoms with van der Waals surface area (Å²) in [7, 11) is 2.99. The van der Waals surface area contributed by atoms with Gasteiger partial charge in [0.15, 0.2) is 0 Å². The van der Waals surface area contributed by atoms with Crippen molar-refractivity contribution >= 4 is 35.0 Å². The van der Waals surface area contributed by atoms with Gasteiger partial charge in [0.1, 0.15) is 11.5 Å². The van der Waals surface area contributed by atoms with Gasteiger partial charge in [-0.3, -0.25) is 4.79 Å². The molecule has 1 heterocycles. The van der Waals surface area contributed by atoms with Gasteiger partial charge in [-0.25, -0.2) is 0 Å². The number of hydrogen-bond donors (Lipinski definition) is 1. The van der Waals surface area contributed by atoms with Crippen molar-refractivity contribution in [1.29, 1.82) is 0 Å². The van der Waals surface area contributed by atoms with Crippen LogP contribution in [0.5, 0.6) is 11.5 Å². The quantitative estimate of drug-likeness (QED) is 0.437. The molecule has 3 aromatic rings. The van der Waals surface area contributed by atoms with E-state index in [1.807, 2.05) is 0 Å². The van der Waals surface area contributed by atoms with Crippen molar-refractivity contribution < 1.29 is 31.9 Å². The van der Waals surface area contributed by atoms with Crippen LogP contribution in [0.25, 0.3) is 11.5 Å². The first-order valence-corrected chi connectivity index (χ1v) is 10.3. The molecule has 0 radical (unpaired) electrons. The summed E-state index contributed by atoms with van der Waals surface area (Å²) in [5.41, 5.74) is -0.920. The van der Waals surface area contributed by atoms with Crippen molar-refractivity contribution in [3.63, 3.8) is 0 Å². The number of halogens is 4. The second-order valence-corrected chi connectivity index (χ2v) is 8.10. The first-order chi connectivity index (χ1) is 15.1. The zero-order valence-corrected chi connectivity index (χ0v) is 18.6. The molecular formula is C20H17ClF3N3O4S. The van der Waals surface area contributed by atoms with Crippen LogP contribution < -0.4 is 14.8 Å². The molecule has 0 aliphatic heterocycles. The lowest BCUT2D eigenvalue weighted by molar-refractivity contribution is -0.137. The SMILES string of the molecule is COc1ccc(-c2nnc(SC(C)C(=O)Nc3ccc(Cl)cc3C(F)(F)F)o2)c(OC)c1. The Labute approximate surface area is 190 Å². The molecule has 0 aliphatic carbocycles. The summed E-state index contributed by atoms with van der Waals surface area (Å²) >= 11 is 6.56. The van der Waals surface area contributed by atoms with Crippen molar-refractivity contribution in [2.45, 2.75) is 23.6 Å². The largest absolute Gasteiger partial charge is 0.497 e. The Morgan fingerprint density at radius 1 is 1.16 bits per heavy atom. The van der Waals surface area contributed by atoms with Crippen molar-refractivity contribution in [2.24, 2.45) is 0 Å². The maximum absolute atomic E-state index is 13.2. The van der Waals surface area contributed by atoms with E-state index in [1.165, 1.54) is 27.2 Å². The van der Waals surface area contributed by atoms with Gasteiger partial charge in [0.2, 0.25) is 5.91 Å². The minimum Gasteiger partial charge on any atom is -0.497 e. The maximum atomic E-state index is 13.2. The predicted octanol–water partition coefficient (Wildman–Crippen LogP) is 5.55. The Balaban J connectivity index is 1.74. The molecule has 0 fully saturated rings. The molecule has 1 amide bonds. The number of alkyl halides is 3. The summed E-state index contributed by atoms with van der Waals surface area (Å²) < 4.78 is 55.7. The first kappa shape index (κ1) is 23.7. The number of hydrogen-bond acceptors (Lipinski definition) is 7. The fourth-order valence-corrected chi connectivity index (χ4v) is 3.50. The van der Waals surface area contributed by atoms with Gasteiger partial charge in [-0.2, -0.15) is 13.2 Å². The number of nitrogens with one attached hydrogen (secondary N) is 1. The van der Waals surface area contributed by atoms with Crippen molar-refractivity contribution in [1.82, 2.24) is 10.2 Å². The average molecular weight is 488 g/mol. The highest BCUT2D eigenvalue weighted by Crippen LogP contribution is 2.37. The molecular weight excluding hydrogens is 471 g/mol. The van der Waals surface area contributed by atoms with Crippen molar-refractivity contribution in [3.8, 4) is 23.0 Å². The summed E-state index contributed by atoms with van der Waals surface area (Å²) in [5, 5.41) is 9.25. The highest BCUT2D eigenvalue weighted by molar-refractivity contribution is 8.00. The highest BCUT2D eigenvalue weighted by Gasteiger charge is 2.34. The number of anilines is 1. The van der Waals surface area contributed by atoms with E-state index < -0.39 is 28.6 Å². The molecule has 1 unspecified atom stereocenters. The van der Waals surface area contributed by atoms with Crippen LogP contribution in [0.4, 0.5) is 18.9 Å². The second-order valence-electron chi connectivity index (χ2n) is 6.38. The topological polar surface area (TPSA) is 86.5 Å². The van der Waals surface area contributed by atoms with Gasteiger partial charge in [-0.1, -0.05) is 23.4 Å². The third kappa shape index (κ3) is 5.46. The molecule has 0 bridgehead atoms. The highest BCUT2D eigenvalue weighted by atomic mass is 35.5. The number of ether oxygens (including phenoxy) is 2. The number of carbonyl (C=O) groups is 1. The van der Waals surface area contributed by atoms with Crippen LogP contribution >= 0.6 is 23.4 Å². The Kier molecular flexibility index (Phi) is 7.19. The van der Waals surface area contributed by atoms with E-state index >= 15 is 0 Å². The minimum atomic E-state index is -4.68. The van der Waals surface area contributed by atoms with Gasteiger partial charge in [-0.05, 0) is 37.3 Å². The molecule has 1 N–H and O–H groups in total. The van der Waals surface area contributed by atoms with Crippen molar-refractivity contribution in [2.75, 3.05) is 19.5 Å². The van der Waals surface area contributed by atoms with E-state index in [2.05, 4.69) is 15.5 Å². The van der Waals surface area contributed by atoms with Gasteiger partial charge < -0.3 is 19.2 Å². The summed E-state index contributed by atoms with van der Waals surface area (Å²) in [6, 6.07) is 8.12. The number of aromatic nitrogens is 2. The fraction of sp³-hybridized carbons (Fsp3) is 0.250. The van der Waals surface area contributed by atoms with Crippen LogP contribution in [-0.2, 0) is 11.0 Å². The number of carbonyl (C=O) groups excluding carboxylic acids is 1. The molecule has 0 saturated heterocycles. The lowest BCUT2D eigenvalue weighted by Gasteiger charge is -2.15. The van der Waals surface area contributed by atoms with E-state index in [9.17, 15) is 18.0 Å². The molecule has 3 rings (SSSR count). The standard InChI is InChI=1S/C20H17ClF3N3O4S/c1-10(17(28)25-15-7-4-11(21)8-14(15)20(22,23)24)32-19-27-26-18(31-19)13-6-5-12(29-2)9-16(13)30-3/h4-10H,1-3H3,(H,25,28). The number of rotatable bonds is 7. The van der Waals surface area contributed by atoms with E-state index in [-0.39, 0.29) is 16.1 Å². The molecule has 2 aromatic carbocycles. The molecule has 7 nitrogen and oxygen atoms in total. The van der Waals surface area contributed by atoms with E-state index in [4.69, 9.17) is 25.5 Å². The van der Waals surface area contributed by atoms with Gasteiger partial charge in [0.25, 0.3) is 11.1 Å². The number of amides is 1. The summed E-state index contributed by atoms with van der Waals surface area (Å²) in [5.74, 6) is 0.490. The summed E-state index contributed by atoms with van der Waals surface area (Å²) in [6.45, 7) is 1.50. The second kappa shape index (κ2) is 9.70. The zero-order chi connectivity index (χ0) is 23.5. The summed E-state index contributed by atoms with van der Waals surface area (Å²) in [6.07, 6.45) is -4.68. The Bertz CT molecular complexity index is 1120. The minimum absolute atomic E-state index is 0.0627. The number of nitrogens with zero attached hydrogens (tertiary/aromatic N) is 2. The Hall–Kier alpha value is -2.92. The predicted molar refractivity (Wildman–Crippen MR) is 113 cm³/mol. The summed E-state index contributed by atoms with van der Waals surface area (Å²) in [4.78, 5) is 12.5. The Morgan fingerprint density at radius 3 is 2.56 bits per heavy atom. The van der Waals surface area contributed by atoms with Crippen LogP contribution in [0.2, 0.25) is 5.02 Å². The van der Waals surface area contributed by atoms with Crippen LogP contribution in [-0.4, -0.2) is 35.6 Å². The van der Waals surface area contributed by atoms with Crippen LogP contribution in [0.3, 0.4) is 0 Å². The maximum Gasteiger partial charge on any atom is 0.418 e. The molecule has 1 aromatic heterocycles. The van der Waals surface area contributed by atoms with Crippen molar-refractivity contribution in [3.05, 3.63) is 47.0 Å².